The van der Waals surface area contributed by atoms with Gasteiger partial charge in [-0.3, -0.25) is 0 Å². The molecule has 2 unspecified atom stereocenters. The van der Waals surface area contributed by atoms with Gasteiger partial charge in [0, 0.05) is 50.4 Å². The Morgan fingerprint density at radius 1 is 0.917 bits per heavy atom. The SMILES string of the molecule is c1nc(C2CC2)cc(N2CC3CN(CCn4nccn4)CC3C2)n1. The van der Waals surface area contributed by atoms with Gasteiger partial charge in [0.2, 0.25) is 0 Å². The fourth-order valence-corrected chi connectivity index (χ4v) is 4.19. The Bertz CT molecular complexity index is 683. The normalized spacial score (nSPS) is 26.9. The highest BCUT2D eigenvalue weighted by Gasteiger charge is 2.40. The Morgan fingerprint density at radius 2 is 1.67 bits per heavy atom. The first-order valence-electron chi connectivity index (χ1n) is 8.98. The van der Waals surface area contributed by atoms with Gasteiger partial charge in [0.05, 0.1) is 18.9 Å². The van der Waals surface area contributed by atoms with Gasteiger partial charge in [0.1, 0.15) is 12.1 Å². The van der Waals surface area contributed by atoms with E-state index >= 15 is 0 Å². The summed E-state index contributed by atoms with van der Waals surface area (Å²) in [6, 6.07) is 2.22. The van der Waals surface area contributed by atoms with Crippen LogP contribution in [0.4, 0.5) is 5.82 Å². The van der Waals surface area contributed by atoms with E-state index < -0.39 is 0 Å². The Balaban J connectivity index is 1.18. The maximum absolute atomic E-state index is 4.53. The van der Waals surface area contributed by atoms with E-state index in [2.05, 4.69) is 36.0 Å². The smallest absolute Gasteiger partial charge is 0.132 e. The lowest BCUT2D eigenvalue weighted by molar-refractivity contribution is 0.289. The largest absolute Gasteiger partial charge is 0.356 e. The van der Waals surface area contributed by atoms with Crippen LogP contribution in [0.25, 0.3) is 0 Å². The van der Waals surface area contributed by atoms with Gasteiger partial charge in [0.15, 0.2) is 0 Å². The van der Waals surface area contributed by atoms with Crippen LogP contribution in [0.15, 0.2) is 24.8 Å². The van der Waals surface area contributed by atoms with Crippen LogP contribution in [0.3, 0.4) is 0 Å². The first-order chi connectivity index (χ1) is 11.8. The van der Waals surface area contributed by atoms with Crippen molar-refractivity contribution in [2.45, 2.75) is 25.3 Å². The summed E-state index contributed by atoms with van der Waals surface area (Å²) >= 11 is 0. The van der Waals surface area contributed by atoms with E-state index in [1.54, 1.807) is 23.5 Å². The minimum atomic E-state index is 0.695. The molecule has 5 rings (SSSR count). The van der Waals surface area contributed by atoms with Gasteiger partial charge in [-0.2, -0.15) is 15.0 Å². The van der Waals surface area contributed by atoms with Crippen LogP contribution in [0.5, 0.6) is 0 Å². The third-order valence-electron chi connectivity index (χ3n) is 5.64. The lowest BCUT2D eigenvalue weighted by atomic mass is 10.0. The monoisotopic (exact) mass is 325 g/mol. The van der Waals surface area contributed by atoms with E-state index in [4.69, 9.17) is 0 Å². The van der Waals surface area contributed by atoms with Crippen LogP contribution < -0.4 is 4.90 Å². The molecule has 24 heavy (non-hydrogen) atoms. The first-order valence-corrected chi connectivity index (χ1v) is 8.98. The molecule has 0 aromatic carbocycles. The molecule has 1 aliphatic carbocycles. The second-order valence-electron chi connectivity index (χ2n) is 7.39. The van der Waals surface area contributed by atoms with E-state index in [1.807, 2.05) is 0 Å². The van der Waals surface area contributed by atoms with Gasteiger partial charge >= 0.3 is 0 Å². The minimum absolute atomic E-state index is 0.695. The predicted molar refractivity (Wildman–Crippen MR) is 89.7 cm³/mol. The summed E-state index contributed by atoms with van der Waals surface area (Å²) in [6.07, 6.45) is 7.83. The van der Waals surface area contributed by atoms with Crippen molar-refractivity contribution in [1.82, 2.24) is 29.9 Å². The Morgan fingerprint density at radius 3 is 2.38 bits per heavy atom. The molecule has 0 spiro atoms. The van der Waals surface area contributed by atoms with E-state index in [0.29, 0.717) is 5.92 Å². The van der Waals surface area contributed by atoms with E-state index in [-0.39, 0.29) is 0 Å². The van der Waals surface area contributed by atoms with Crippen LogP contribution in [0.1, 0.15) is 24.5 Å². The number of hydrogen-bond acceptors (Lipinski definition) is 6. The molecule has 126 valence electrons. The number of anilines is 1. The summed E-state index contributed by atoms with van der Waals surface area (Å²) in [7, 11) is 0. The van der Waals surface area contributed by atoms with E-state index in [9.17, 15) is 0 Å². The molecule has 2 aromatic rings. The quantitative estimate of drug-likeness (QED) is 0.818. The number of nitrogens with zero attached hydrogens (tertiary/aromatic N) is 7. The topological polar surface area (TPSA) is 63.0 Å². The Kier molecular flexibility index (Phi) is 3.47. The summed E-state index contributed by atoms with van der Waals surface area (Å²) in [6.45, 7) is 6.55. The van der Waals surface area contributed by atoms with Crippen molar-refractivity contribution < 1.29 is 0 Å². The summed E-state index contributed by atoms with van der Waals surface area (Å²) < 4.78 is 0. The Labute approximate surface area is 141 Å². The van der Waals surface area contributed by atoms with Gasteiger partial charge < -0.3 is 9.80 Å². The van der Waals surface area contributed by atoms with Crippen LogP contribution in [0.2, 0.25) is 0 Å². The summed E-state index contributed by atoms with van der Waals surface area (Å²) in [4.78, 5) is 15.8. The molecule has 2 aliphatic heterocycles. The molecule has 2 atom stereocenters. The molecular weight excluding hydrogens is 302 g/mol. The van der Waals surface area contributed by atoms with Gasteiger partial charge in [-0.15, -0.1) is 0 Å². The van der Waals surface area contributed by atoms with E-state index in [1.165, 1.54) is 31.6 Å². The molecule has 1 saturated carbocycles. The van der Waals surface area contributed by atoms with Gasteiger partial charge in [0.25, 0.3) is 0 Å². The molecule has 0 amide bonds. The van der Waals surface area contributed by atoms with Gasteiger partial charge in [-0.25, -0.2) is 9.97 Å². The van der Waals surface area contributed by atoms with Crippen molar-refractivity contribution in [3.8, 4) is 0 Å². The number of aromatic nitrogens is 5. The zero-order chi connectivity index (χ0) is 15.9. The second kappa shape index (κ2) is 5.81. The van der Waals surface area contributed by atoms with Crippen LogP contribution >= 0.6 is 0 Å². The van der Waals surface area contributed by atoms with E-state index in [0.717, 1.165) is 43.8 Å². The number of hydrogen-bond donors (Lipinski definition) is 0. The van der Waals surface area contributed by atoms with Crippen LogP contribution in [0, 0.1) is 11.8 Å². The number of rotatable bonds is 5. The lowest BCUT2D eigenvalue weighted by Gasteiger charge is -2.22. The molecule has 0 bridgehead atoms. The third-order valence-corrected chi connectivity index (χ3v) is 5.64. The predicted octanol–water partition coefficient (Wildman–Crippen LogP) is 1.01. The highest BCUT2D eigenvalue weighted by atomic mass is 15.5. The zero-order valence-corrected chi connectivity index (χ0v) is 13.8. The van der Waals surface area contributed by atoms with Gasteiger partial charge in [-0.1, -0.05) is 0 Å². The standard InChI is InChI=1S/C17H23N7/c1-2-13(1)16-7-17(19-12-18-16)23-10-14-8-22(9-15(14)11-23)5-6-24-20-3-4-21-24/h3-4,7,12-15H,1-2,5-6,8-11H2. The molecule has 3 aliphatic rings. The van der Waals surface area contributed by atoms with Crippen LogP contribution in [-0.4, -0.2) is 62.6 Å². The summed E-state index contributed by atoms with van der Waals surface area (Å²) in [5.41, 5.74) is 1.24. The molecule has 7 heteroatoms. The maximum Gasteiger partial charge on any atom is 0.132 e. The van der Waals surface area contributed by atoms with Crippen molar-refractivity contribution in [1.29, 1.82) is 0 Å². The summed E-state index contributed by atoms with van der Waals surface area (Å²) in [5.74, 6) is 3.35. The molecular formula is C17H23N7. The van der Waals surface area contributed by atoms with Crippen molar-refractivity contribution in [2.24, 2.45) is 11.8 Å². The van der Waals surface area contributed by atoms with Crippen molar-refractivity contribution >= 4 is 5.82 Å². The van der Waals surface area contributed by atoms with Crippen molar-refractivity contribution in [3.63, 3.8) is 0 Å². The lowest BCUT2D eigenvalue weighted by Crippen LogP contribution is -2.31. The molecule has 0 radical (unpaired) electrons. The highest BCUT2D eigenvalue weighted by molar-refractivity contribution is 5.42. The average Bonchev–Trinajstić information content (AvgIpc) is 3.01. The highest BCUT2D eigenvalue weighted by Crippen LogP contribution is 2.40. The van der Waals surface area contributed by atoms with Crippen LogP contribution in [-0.2, 0) is 6.54 Å². The fraction of sp³-hybridized carbons (Fsp3) is 0.647. The number of likely N-dealkylation sites (tertiary alicyclic amines) is 1. The van der Waals surface area contributed by atoms with Crippen molar-refractivity contribution in [2.75, 3.05) is 37.6 Å². The molecule has 0 N–H and O–H groups in total. The fourth-order valence-electron chi connectivity index (χ4n) is 4.19. The zero-order valence-electron chi connectivity index (χ0n) is 13.8. The summed E-state index contributed by atoms with van der Waals surface area (Å²) in [5, 5.41) is 8.37. The first kappa shape index (κ1) is 14.3. The number of fused-ring (bicyclic) bond motifs is 1. The Hall–Kier alpha value is -2.02. The third kappa shape index (κ3) is 2.77. The maximum atomic E-state index is 4.53. The molecule has 7 nitrogen and oxygen atoms in total. The molecule has 4 heterocycles. The van der Waals surface area contributed by atoms with Crippen molar-refractivity contribution in [3.05, 3.63) is 30.5 Å². The second-order valence-corrected chi connectivity index (χ2v) is 7.39. The molecule has 2 saturated heterocycles. The van der Waals surface area contributed by atoms with Gasteiger partial charge in [-0.05, 0) is 24.7 Å². The molecule has 3 fully saturated rings. The minimum Gasteiger partial charge on any atom is -0.356 e. The molecule has 2 aromatic heterocycles. The average molecular weight is 325 g/mol.